The maximum absolute atomic E-state index is 5.50. The van der Waals surface area contributed by atoms with Crippen LogP contribution in [0.4, 0.5) is 0 Å². The fourth-order valence-corrected chi connectivity index (χ4v) is 2.21. The van der Waals surface area contributed by atoms with Crippen molar-refractivity contribution in [3.8, 4) is 5.75 Å². The third kappa shape index (κ3) is 3.23. The third-order valence-corrected chi connectivity index (χ3v) is 3.28. The SMILES string of the molecule is COc1ccc2cc(CCCCCN)ccc2c1. The molecule has 0 aliphatic heterocycles. The van der Waals surface area contributed by atoms with Gasteiger partial charge in [-0.05, 0) is 54.3 Å². The quantitative estimate of drug-likeness (QED) is 0.788. The van der Waals surface area contributed by atoms with Gasteiger partial charge in [0, 0.05) is 0 Å². The Labute approximate surface area is 109 Å². The van der Waals surface area contributed by atoms with Gasteiger partial charge in [0.05, 0.1) is 7.11 Å². The lowest BCUT2D eigenvalue weighted by molar-refractivity contribution is 0.415. The van der Waals surface area contributed by atoms with E-state index in [2.05, 4.69) is 30.3 Å². The second-order valence-corrected chi connectivity index (χ2v) is 4.65. The fraction of sp³-hybridized carbons (Fsp3) is 0.375. The Bertz CT molecular complexity index is 507. The molecule has 0 amide bonds. The molecule has 0 spiro atoms. The molecule has 18 heavy (non-hydrogen) atoms. The predicted octanol–water partition coefficient (Wildman–Crippen LogP) is 3.52. The minimum absolute atomic E-state index is 0.803. The van der Waals surface area contributed by atoms with Gasteiger partial charge >= 0.3 is 0 Å². The van der Waals surface area contributed by atoms with Crippen molar-refractivity contribution < 1.29 is 4.74 Å². The van der Waals surface area contributed by atoms with Crippen LogP contribution < -0.4 is 10.5 Å². The van der Waals surface area contributed by atoms with Crippen LogP contribution in [-0.4, -0.2) is 13.7 Å². The van der Waals surface area contributed by atoms with E-state index in [9.17, 15) is 0 Å². The number of hydrogen-bond acceptors (Lipinski definition) is 2. The van der Waals surface area contributed by atoms with Gasteiger partial charge < -0.3 is 10.5 Å². The highest BCUT2D eigenvalue weighted by molar-refractivity contribution is 5.84. The molecule has 2 aromatic rings. The molecule has 0 radical (unpaired) electrons. The molecule has 0 saturated heterocycles. The molecular weight excluding hydrogens is 222 g/mol. The van der Waals surface area contributed by atoms with Gasteiger partial charge in [-0.1, -0.05) is 30.7 Å². The fourth-order valence-electron chi connectivity index (χ4n) is 2.21. The van der Waals surface area contributed by atoms with Crippen LogP contribution in [0.1, 0.15) is 24.8 Å². The molecule has 0 fully saturated rings. The Hall–Kier alpha value is -1.54. The van der Waals surface area contributed by atoms with Gasteiger partial charge in [-0.15, -0.1) is 0 Å². The number of benzene rings is 2. The highest BCUT2D eigenvalue weighted by Gasteiger charge is 1.99. The first kappa shape index (κ1) is 12.9. The molecule has 0 aliphatic rings. The predicted molar refractivity (Wildman–Crippen MR) is 77.1 cm³/mol. The van der Waals surface area contributed by atoms with Crippen LogP contribution in [0.2, 0.25) is 0 Å². The number of nitrogens with two attached hydrogens (primary N) is 1. The zero-order chi connectivity index (χ0) is 12.8. The van der Waals surface area contributed by atoms with Crippen LogP contribution in [-0.2, 0) is 6.42 Å². The van der Waals surface area contributed by atoms with Crippen LogP contribution in [0.3, 0.4) is 0 Å². The summed E-state index contributed by atoms with van der Waals surface area (Å²) in [6.07, 6.45) is 4.71. The summed E-state index contributed by atoms with van der Waals surface area (Å²) < 4.78 is 5.23. The van der Waals surface area contributed by atoms with Crippen molar-refractivity contribution in [2.45, 2.75) is 25.7 Å². The minimum Gasteiger partial charge on any atom is -0.497 e. The topological polar surface area (TPSA) is 35.2 Å². The van der Waals surface area contributed by atoms with Crippen LogP contribution in [0.25, 0.3) is 10.8 Å². The largest absolute Gasteiger partial charge is 0.497 e. The van der Waals surface area contributed by atoms with Gasteiger partial charge in [0.2, 0.25) is 0 Å². The maximum atomic E-state index is 5.50. The second-order valence-electron chi connectivity index (χ2n) is 4.65. The van der Waals surface area contributed by atoms with Gasteiger partial charge in [-0.3, -0.25) is 0 Å². The van der Waals surface area contributed by atoms with Crippen molar-refractivity contribution in [3.05, 3.63) is 42.0 Å². The Balaban J connectivity index is 2.08. The first-order chi connectivity index (χ1) is 8.83. The van der Waals surface area contributed by atoms with Crippen molar-refractivity contribution >= 4 is 10.8 Å². The Morgan fingerprint density at radius 1 is 0.944 bits per heavy atom. The molecule has 96 valence electrons. The summed E-state index contributed by atoms with van der Waals surface area (Å²) >= 11 is 0. The molecule has 2 aromatic carbocycles. The number of unbranched alkanes of at least 4 members (excludes halogenated alkanes) is 2. The van der Waals surface area contributed by atoms with Crippen molar-refractivity contribution in [2.75, 3.05) is 13.7 Å². The summed E-state index contributed by atoms with van der Waals surface area (Å²) in [6, 6.07) is 12.9. The Morgan fingerprint density at radius 3 is 2.50 bits per heavy atom. The smallest absolute Gasteiger partial charge is 0.119 e. The summed E-state index contributed by atoms with van der Waals surface area (Å²) in [7, 11) is 1.70. The molecule has 2 nitrogen and oxygen atoms in total. The normalized spacial score (nSPS) is 10.8. The van der Waals surface area contributed by atoms with Gasteiger partial charge in [0.15, 0.2) is 0 Å². The highest BCUT2D eigenvalue weighted by atomic mass is 16.5. The van der Waals surface area contributed by atoms with Crippen LogP contribution in [0.5, 0.6) is 5.75 Å². The lowest BCUT2D eigenvalue weighted by atomic mass is 10.0. The molecule has 0 bridgehead atoms. The molecule has 0 aromatic heterocycles. The van der Waals surface area contributed by atoms with Crippen molar-refractivity contribution in [1.29, 1.82) is 0 Å². The van der Waals surface area contributed by atoms with E-state index >= 15 is 0 Å². The number of fused-ring (bicyclic) bond motifs is 1. The van der Waals surface area contributed by atoms with E-state index in [0.29, 0.717) is 0 Å². The molecule has 0 atom stereocenters. The number of hydrogen-bond donors (Lipinski definition) is 1. The summed E-state index contributed by atoms with van der Waals surface area (Å²) in [5.74, 6) is 0.915. The molecule has 0 unspecified atom stereocenters. The van der Waals surface area contributed by atoms with Crippen LogP contribution >= 0.6 is 0 Å². The first-order valence-corrected chi connectivity index (χ1v) is 6.60. The summed E-state index contributed by atoms with van der Waals surface area (Å²) in [4.78, 5) is 0. The molecule has 2 heteroatoms. The molecule has 0 aliphatic carbocycles. The van der Waals surface area contributed by atoms with Gasteiger partial charge in [-0.2, -0.15) is 0 Å². The van der Waals surface area contributed by atoms with Gasteiger partial charge in [0.25, 0.3) is 0 Å². The van der Waals surface area contributed by atoms with Crippen molar-refractivity contribution in [1.82, 2.24) is 0 Å². The average Bonchev–Trinajstić information content (AvgIpc) is 2.43. The first-order valence-electron chi connectivity index (χ1n) is 6.60. The van der Waals surface area contributed by atoms with Crippen molar-refractivity contribution in [3.63, 3.8) is 0 Å². The van der Waals surface area contributed by atoms with Crippen molar-refractivity contribution in [2.24, 2.45) is 5.73 Å². The lowest BCUT2D eigenvalue weighted by Gasteiger charge is -2.05. The number of rotatable bonds is 6. The standard InChI is InChI=1S/C16H21NO/c1-18-16-9-8-14-11-13(5-3-2-4-10-17)6-7-15(14)12-16/h6-9,11-12H,2-5,10,17H2,1H3. The summed E-state index contributed by atoms with van der Waals surface area (Å²) in [5.41, 5.74) is 6.90. The Kier molecular flexibility index (Phi) is 4.59. The zero-order valence-electron chi connectivity index (χ0n) is 11.0. The van der Waals surface area contributed by atoms with Gasteiger partial charge in [-0.25, -0.2) is 0 Å². The summed E-state index contributed by atoms with van der Waals surface area (Å²) in [6.45, 7) is 0.803. The van der Waals surface area contributed by atoms with E-state index in [1.165, 1.54) is 29.2 Å². The van der Waals surface area contributed by atoms with Crippen LogP contribution in [0, 0.1) is 0 Å². The zero-order valence-corrected chi connectivity index (χ0v) is 11.0. The number of methoxy groups -OCH3 is 1. The summed E-state index contributed by atoms with van der Waals surface area (Å²) in [5, 5.41) is 2.52. The average molecular weight is 243 g/mol. The molecule has 2 rings (SSSR count). The van der Waals surface area contributed by atoms with E-state index in [1.54, 1.807) is 7.11 Å². The molecule has 2 N–H and O–H groups in total. The number of aryl methyl sites for hydroxylation is 1. The lowest BCUT2D eigenvalue weighted by Crippen LogP contribution is -1.98. The second kappa shape index (κ2) is 6.41. The third-order valence-electron chi connectivity index (χ3n) is 3.28. The van der Waals surface area contributed by atoms with E-state index in [4.69, 9.17) is 10.5 Å². The highest BCUT2D eigenvalue weighted by Crippen LogP contribution is 2.22. The minimum atomic E-state index is 0.803. The van der Waals surface area contributed by atoms with E-state index in [1.807, 2.05) is 6.07 Å². The molecule has 0 heterocycles. The van der Waals surface area contributed by atoms with E-state index in [0.717, 1.165) is 25.1 Å². The Morgan fingerprint density at radius 2 is 1.72 bits per heavy atom. The number of ether oxygens (including phenoxy) is 1. The van der Waals surface area contributed by atoms with E-state index < -0.39 is 0 Å². The maximum Gasteiger partial charge on any atom is 0.119 e. The van der Waals surface area contributed by atoms with Gasteiger partial charge in [0.1, 0.15) is 5.75 Å². The molecule has 0 saturated carbocycles. The molecular formula is C16H21NO. The van der Waals surface area contributed by atoms with Crippen LogP contribution in [0.15, 0.2) is 36.4 Å². The monoisotopic (exact) mass is 243 g/mol. The van der Waals surface area contributed by atoms with E-state index in [-0.39, 0.29) is 0 Å².